The number of aryl methyl sites for hydroxylation is 1. The fraction of sp³-hybridized carbons (Fsp3) is 0.615. The van der Waals surface area contributed by atoms with Crippen LogP contribution < -0.4 is 10.6 Å². The number of thiocarbonyl (C=S) groups is 1. The normalized spacial score (nSPS) is 16.8. The van der Waals surface area contributed by atoms with E-state index in [0.717, 1.165) is 11.7 Å². The summed E-state index contributed by atoms with van der Waals surface area (Å²) in [5.74, 6) is 0. The number of hydrogen-bond donors (Lipinski definition) is 2. The summed E-state index contributed by atoms with van der Waals surface area (Å²) in [4.78, 5) is 1.37. The van der Waals surface area contributed by atoms with Gasteiger partial charge in [-0.1, -0.05) is 19.3 Å². The molecule has 0 radical (unpaired) electrons. The molecule has 1 saturated carbocycles. The first-order valence-electron chi connectivity index (χ1n) is 6.33. The van der Waals surface area contributed by atoms with E-state index in [2.05, 4.69) is 29.0 Å². The van der Waals surface area contributed by atoms with Crippen LogP contribution in [0.1, 0.15) is 42.5 Å². The van der Waals surface area contributed by atoms with Crippen LogP contribution in [0.25, 0.3) is 0 Å². The third kappa shape index (κ3) is 3.96. The lowest BCUT2D eigenvalue weighted by molar-refractivity contribution is 0.412. The predicted octanol–water partition coefficient (Wildman–Crippen LogP) is 3.35. The Labute approximate surface area is 113 Å². The summed E-state index contributed by atoms with van der Waals surface area (Å²) in [6, 6.07) is 2.74. The molecule has 0 amide bonds. The molecule has 1 fully saturated rings. The van der Waals surface area contributed by atoms with Gasteiger partial charge in [-0.15, -0.1) is 11.3 Å². The van der Waals surface area contributed by atoms with Crippen molar-refractivity contribution in [3.63, 3.8) is 0 Å². The van der Waals surface area contributed by atoms with E-state index in [-0.39, 0.29) is 0 Å². The van der Waals surface area contributed by atoms with Gasteiger partial charge in [0.15, 0.2) is 5.11 Å². The third-order valence-electron chi connectivity index (χ3n) is 3.32. The summed E-state index contributed by atoms with van der Waals surface area (Å²) in [5, 5.41) is 9.67. The standard InChI is InChI=1S/C13H20N2S2/c1-10-7-8-17-12(10)9-14-13(16)15-11-5-3-2-4-6-11/h7-8,11H,2-6,9H2,1H3,(H2,14,15,16). The average Bonchev–Trinajstić information content (AvgIpc) is 2.74. The van der Waals surface area contributed by atoms with Gasteiger partial charge in [0, 0.05) is 10.9 Å². The fourth-order valence-corrected chi connectivity index (χ4v) is 3.31. The maximum atomic E-state index is 5.33. The van der Waals surface area contributed by atoms with E-state index in [1.165, 1.54) is 42.5 Å². The molecule has 1 heterocycles. The van der Waals surface area contributed by atoms with Crippen LogP contribution in [0.5, 0.6) is 0 Å². The summed E-state index contributed by atoms with van der Waals surface area (Å²) in [5.41, 5.74) is 1.35. The molecule has 1 aromatic rings. The van der Waals surface area contributed by atoms with Crippen molar-refractivity contribution in [1.29, 1.82) is 0 Å². The Bertz CT molecular complexity index is 367. The summed E-state index contributed by atoms with van der Waals surface area (Å²) >= 11 is 7.12. The third-order valence-corrected chi connectivity index (χ3v) is 4.60. The summed E-state index contributed by atoms with van der Waals surface area (Å²) in [6.07, 6.45) is 6.58. The Morgan fingerprint density at radius 1 is 1.41 bits per heavy atom. The second-order valence-electron chi connectivity index (χ2n) is 4.69. The molecule has 0 atom stereocenters. The number of hydrogen-bond acceptors (Lipinski definition) is 2. The maximum absolute atomic E-state index is 5.33. The van der Waals surface area contributed by atoms with E-state index in [9.17, 15) is 0 Å². The van der Waals surface area contributed by atoms with E-state index in [1.54, 1.807) is 11.3 Å². The van der Waals surface area contributed by atoms with Crippen molar-refractivity contribution in [3.8, 4) is 0 Å². The Morgan fingerprint density at radius 3 is 2.82 bits per heavy atom. The Hall–Kier alpha value is -0.610. The molecular formula is C13H20N2S2. The smallest absolute Gasteiger partial charge is 0.166 e. The molecule has 1 aliphatic rings. The topological polar surface area (TPSA) is 24.1 Å². The molecule has 94 valence electrons. The van der Waals surface area contributed by atoms with Crippen LogP contribution in [-0.4, -0.2) is 11.2 Å². The van der Waals surface area contributed by atoms with E-state index < -0.39 is 0 Å². The largest absolute Gasteiger partial charge is 0.360 e. The lowest BCUT2D eigenvalue weighted by Gasteiger charge is -2.24. The quantitative estimate of drug-likeness (QED) is 0.822. The predicted molar refractivity (Wildman–Crippen MR) is 78.5 cm³/mol. The molecule has 1 aliphatic carbocycles. The zero-order valence-corrected chi connectivity index (χ0v) is 11.9. The Morgan fingerprint density at radius 2 is 2.18 bits per heavy atom. The van der Waals surface area contributed by atoms with Crippen molar-refractivity contribution in [2.24, 2.45) is 0 Å². The highest BCUT2D eigenvalue weighted by Gasteiger charge is 2.13. The van der Waals surface area contributed by atoms with Gasteiger partial charge in [0.25, 0.3) is 0 Å². The average molecular weight is 268 g/mol. The first kappa shape index (κ1) is 12.8. The fourth-order valence-electron chi connectivity index (χ4n) is 2.23. The van der Waals surface area contributed by atoms with E-state index in [1.807, 2.05) is 0 Å². The maximum Gasteiger partial charge on any atom is 0.166 e. The zero-order chi connectivity index (χ0) is 12.1. The van der Waals surface area contributed by atoms with Gasteiger partial charge in [0.1, 0.15) is 0 Å². The Balaban J connectivity index is 1.72. The first-order chi connectivity index (χ1) is 8.25. The molecule has 17 heavy (non-hydrogen) atoms. The van der Waals surface area contributed by atoms with Gasteiger partial charge in [0.2, 0.25) is 0 Å². The Kier molecular flexibility index (Phi) is 4.80. The van der Waals surface area contributed by atoms with Crippen LogP contribution in [0.4, 0.5) is 0 Å². The van der Waals surface area contributed by atoms with Crippen LogP contribution >= 0.6 is 23.6 Å². The first-order valence-corrected chi connectivity index (χ1v) is 7.62. The van der Waals surface area contributed by atoms with E-state index in [4.69, 9.17) is 12.2 Å². The highest BCUT2D eigenvalue weighted by Crippen LogP contribution is 2.17. The van der Waals surface area contributed by atoms with Crippen LogP contribution in [0.3, 0.4) is 0 Å². The number of thiophene rings is 1. The molecule has 0 unspecified atom stereocenters. The molecule has 0 spiro atoms. The highest BCUT2D eigenvalue weighted by atomic mass is 32.1. The molecule has 0 saturated heterocycles. The molecule has 2 rings (SSSR count). The van der Waals surface area contributed by atoms with Gasteiger partial charge in [0.05, 0.1) is 6.54 Å². The second-order valence-corrected chi connectivity index (χ2v) is 6.10. The zero-order valence-electron chi connectivity index (χ0n) is 10.3. The van der Waals surface area contributed by atoms with Crippen molar-refractivity contribution in [2.45, 2.75) is 51.6 Å². The second kappa shape index (κ2) is 6.36. The van der Waals surface area contributed by atoms with Gasteiger partial charge < -0.3 is 10.6 Å². The molecule has 0 bridgehead atoms. The monoisotopic (exact) mass is 268 g/mol. The molecule has 4 heteroatoms. The molecular weight excluding hydrogens is 248 g/mol. The van der Waals surface area contributed by atoms with E-state index >= 15 is 0 Å². The van der Waals surface area contributed by atoms with Crippen LogP contribution in [0, 0.1) is 6.92 Å². The highest BCUT2D eigenvalue weighted by molar-refractivity contribution is 7.80. The van der Waals surface area contributed by atoms with Gasteiger partial charge in [-0.3, -0.25) is 0 Å². The molecule has 0 aromatic carbocycles. The summed E-state index contributed by atoms with van der Waals surface area (Å²) < 4.78 is 0. The van der Waals surface area contributed by atoms with Gasteiger partial charge in [-0.05, 0) is 49.0 Å². The van der Waals surface area contributed by atoms with Crippen molar-refractivity contribution >= 4 is 28.7 Å². The minimum Gasteiger partial charge on any atom is -0.360 e. The van der Waals surface area contributed by atoms with Crippen molar-refractivity contribution in [3.05, 3.63) is 21.9 Å². The molecule has 0 aliphatic heterocycles. The lowest BCUT2D eigenvalue weighted by atomic mass is 9.96. The van der Waals surface area contributed by atoms with Crippen LogP contribution in [0.15, 0.2) is 11.4 Å². The van der Waals surface area contributed by atoms with Crippen molar-refractivity contribution in [2.75, 3.05) is 0 Å². The van der Waals surface area contributed by atoms with Gasteiger partial charge in [-0.2, -0.15) is 0 Å². The lowest BCUT2D eigenvalue weighted by Crippen LogP contribution is -2.42. The van der Waals surface area contributed by atoms with E-state index in [0.29, 0.717) is 6.04 Å². The van der Waals surface area contributed by atoms with Crippen molar-refractivity contribution < 1.29 is 0 Å². The molecule has 1 aromatic heterocycles. The number of nitrogens with one attached hydrogen (secondary N) is 2. The summed E-state index contributed by atoms with van der Waals surface area (Å²) in [6.45, 7) is 2.99. The van der Waals surface area contributed by atoms with Crippen LogP contribution in [-0.2, 0) is 6.54 Å². The van der Waals surface area contributed by atoms with Gasteiger partial charge >= 0.3 is 0 Å². The van der Waals surface area contributed by atoms with Gasteiger partial charge in [-0.25, -0.2) is 0 Å². The SMILES string of the molecule is Cc1ccsc1CNC(=S)NC1CCCCC1. The van der Waals surface area contributed by atoms with Crippen LogP contribution in [0.2, 0.25) is 0 Å². The van der Waals surface area contributed by atoms with Crippen molar-refractivity contribution in [1.82, 2.24) is 10.6 Å². The number of rotatable bonds is 3. The molecule has 2 nitrogen and oxygen atoms in total. The minimum absolute atomic E-state index is 0.591. The summed E-state index contributed by atoms with van der Waals surface area (Å²) in [7, 11) is 0. The minimum atomic E-state index is 0.591. The molecule has 2 N–H and O–H groups in total.